The highest BCUT2D eigenvalue weighted by Gasteiger charge is 2.56. The Hall–Kier alpha value is -3.42. The maximum Gasteiger partial charge on any atom is 0.306 e. The van der Waals surface area contributed by atoms with Crippen LogP contribution in [-0.4, -0.2) is 54.8 Å². The largest absolute Gasteiger partial charge is 0.493 e. The molecule has 35 heavy (non-hydrogen) atoms. The highest BCUT2D eigenvalue weighted by molar-refractivity contribution is 6.04. The Morgan fingerprint density at radius 1 is 1.20 bits per heavy atom. The van der Waals surface area contributed by atoms with Gasteiger partial charge < -0.3 is 19.7 Å². The minimum Gasteiger partial charge on any atom is -0.493 e. The number of esters is 1. The van der Waals surface area contributed by atoms with Crippen LogP contribution in [0.15, 0.2) is 54.3 Å². The average molecular weight is 483 g/mol. The van der Waals surface area contributed by atoms with E-state index in [1.807, 2.05) is 51.1 Å². The van der Waals surface area contributed by atoms with E-state index in [1.165, 1.54) is 18.1 Å². The fourth-order valence-corrected chi connectivity index (χ4v) is 4.83. The van der Waals surface area contributed by atoms with Crippen molar-refractivity contribution in [2.24, 2.45) is 16.7 Å². The molecule has 1 spiro atoms. The van der Waals surface area contributed by atoms with Crippen LogP contribution in [0.1, 0.15) is 39.7 Å². The molecule has 0 aromatic heterocycles. The summed E-state index contributed by atoms with van der Waals surface area (Å²) >= 11 is 0. The molecule has 1 aromatic carbocycles. The molecule has 3 atom stereocenters. The van der Waals surface area contributed by atoms with Crippen LogP contribution in [0.25, 0.3) is 0 Å². The number of methoxy groups -OCH3 is 1. The summed E-state index contributed by atoms with van der Waals surface area (Å²) in [6.07, 6.45) is 4.47. The van der Waals surface area contributed by atoms with E-state index in [1.54, 1.807) is 19.1 Å². The molecule has 1 heterocycles. The van der Waals surface area contributed by atoms with Crippen molar-refractivity contribution < 1.29 is 28.7 Å². The van der Waals surface area contributed by atoms with Crippen LogP contribution in [0.4, 0.5) is 0 Å². The zero-order valence-electron chi connectivity index (χ0n) is 21.0. The number of ketones is 1. The van der Waals surface area contributed by atoms with E-state index in [9.17, 15) is 19.2 Å². The normalized spacial score (nSPS) is 22.7. The van der Waals surface area contributed by atoms with Gasteiger partial charge in [-0.1, -0.05) is 57.2 Å². The smallest absolute Gasteiger partial charge is 0.306 e. The summed E-state index contributed by atoms with van der Waals surface area (Å²) in [5, 5.41) is 2.96. The number of carbonyl (C=O) groups is 4. The Balaban J connectivity index is 1.96. The number of rotatable bonds is 8. The van der Waals surface area contributed by atoms with Crippen molar-refractivity contribution in [3.05, 3.63) is 59.9 Å². The maximum atomic E-state index is 13.8. The van der Waals surface area contributed by atoms with E-state index >= 15 is 0 Å². The molecule has 1 N–H and O–H groups in total. The Morgan fingerprint density at radius 3 is 2.49 bits per heavy atom. The van der Waals surface area contributed by atoms with Gasteiger partial charge in [0.05, 0.1) is 26.1 Å². The predicted molar refractivity (Wildman–Crippen MR) is 130 cm³/mol. The highest BCUT2D eigenvalue weighted by Crippen LogP contribution is 2.47. The van der Waals surface area contributed by atoms with Gasteiger partial charge in [0.25, 0.3) is 0 Å². The average Bonchev–Trinajstić information content (AvgIpc) is 3.05. The van der Waals surface area contributed by atoms with Gasteiger partial charge in [-0.2, -0.15) is 0 Å². The fourth-order valence-electron chi connectivity index (χ4n) is 4.83. The van der Waals surface area contributed by atoms with E-state index in [0.29, 0.717) is 6.54 Å². The van der Waals surface area contributed by atoms with Crippen LogP contribution in [0, 0.1) is 16.7 Å². The van der Waals surface area contributed by atoms with Crippen LogP contribution in [-0.2, 0) is 35.2 Å². The fraction of sp³-hybridized carbons (Fsp3) is 0.481. The number of nitrogens with one attached hydrogen (secondary N) is 1. The second-order valence-electron chi connectivity index (χ2n) is 10.0. The Labute approximate surface area is 206 Å². The molecule has 0 bridgehead atoms. The van der Waals surface area contributed by atoms with Crippen molar-refractivity contribution >= 4 is 23.6 Å². The number of nitrogens with zero attached hydrogens (tertiary/aromatic N) is 1. The van der Waals surface area contributed by atoms with Crippen LogP contribution < -0.4 is 5.32 Å². The summed E-state index contributed by atoms with van der Waals surface area (Å²) in [5.74, 6) is -2.16. The minimum absolute atomic E-state index is 0.108. The number of carbonyl (C=O) groups excluding carboxylic acids is 4. The quantitative estimate of drug-likeness (QED) is 0.572. The van der Waals surface area contributed by atoms with Gasteiger partial charge in [-0.15, -0.1) is 0 Å². The topological polar surface area (TPSA) is 102 Å². The first-order chi connectivity index (χ1) is 16.5. The third-order valence-electron chi connectivity index (χ3n) is 6.45. The molecular formula is C27H34N2O6. The zero-order valence-corrected chi connectivity index (χ0v) is 21.0. The Bertz CT molecular complexity index is 1040. The van der Waals surface area contributed by atoms with E-state index < -0.39 is 28.8 Å². The molecule has 8 heteroatoms. The van der Waals surface area contributed by atoms with Crippen LogP contribution in [0.2, 0.25) is 0 Å². The second-order valence-corrected chi connectivity index (χ2v) is 10.0. The lowest BCUT2D eigenvalue weighted by atomic mass is 9.73. The number of benzene rings is 1. The predicted octanol–water partition coefficient (Wildman–Crippen LogP) is 2.78. The van der Waals surface area contributed by atoms with Crippen molar-refractivity contribution in [1.29, 1.82) is 0 Å². The van der Waals surface area contributed by atoms with Crippen molar-refractivity contribution in [2.45, 2.75) is 46.7 Å². The molecule has 1 aliphatic heterocycles. The molecule has 1 saturated heterocycles. The van der Waals surface area contributed by atoms with E-state index in [2.05, 4.69) is 5.32 Å². The van der Waals surface area contributed by atoms with Gasteiger partial charge in [0.1, 0.15) is 6.04 Å². The van der Waals surface area contributed by atoms with Gasteiger partial charge >= 0.3 is 5.97 Å². The maximum absolute atomic E-state index is 13.8. The minimum atomic E-state index is -0.980. The second kappa shape index (κ2) is 10.5. The molecular weight excluding hydrogens is 448 g/mol. The molecule has 188 valence electrons. The summed E-state index contributed by atoms with van der Waals surface area (Å²) < 4.78 is 10.4. The van der Waals surface area contributed by atoms with Gasteiger partial charge in [-0.3, -0.25) is 19.2 Å². The number of hydrogen-bond donors (Lipinski definition) is 1. The van der Waals surface area contributed by atoms with Crippen molar-refractivity contribution in [3.63, 3.8) is 0 Å². The molecule has 1 aromatic rings. The lowest BCUT2D eigenvalue weighted by molar-refractivity contribution is -0.149. The Morgan fingerprint density at radius 2 is 1.89 bits per heavy atom. The van der Waals surface area contributed by atoms with Gasteiger partial charge in [-0.05, 0) is 30.1 Å². The lowest BCUT2D eigenvalue weighted by Gasteiger charge is -2.37. The van der Waals surface area contributed by atoms with E-state index in [-0.39, 0.29) is 42.9 Å². The molecule has 8 nitrogen and oxygen atoms in total. The molecule has 0 radical (unpaired) electrons. The Kier molecular flexibility index (Phi) is 7.83. The summed E-state index contributed by atoms with van der Waals surface area (Å²) in [7, 11) is 1.39. The number of ether oxygens (including phenoxy) is 2. The SMILES string of the molecule is CCOC(=O)C[C@@H]1C(=O)N(C(C(=O)NCc2ccccc2)C(C)(C)C)C[C@@]12C=CC(=O)C(OC)=C2. The summed E-state index contributed by atoms with van der Waals surface area (Å²) in [5.41, 5.74) is -0.635. The first-order valence-electron chi connectivity index (χ1n) is 11.8. The van der Waals surface area contributed by atoms with E-state index in [4.69, 9.17) is 9.47 Å². The summed E-state index contributed by atoms with van der Waals surface area (Å²) in [4.78, 5) is 53.5. The van der Waals surface area contributed by atoms with Gasteiger partial charge in [0.2, 0.25) is 17.6 Å². The molecule has 2 aliphatic rings. The van der Waals surface area contributed by atoms with Crippen molar-refractivity contribution in [2.75, 3.05) is 20.3 Å². The van der Waals surface area contributed by atoms with Crippen LogP contribution >= 0.6 is 0 Å². The molecule has 2 amide bonds. The number of amides is 2. The van der Waals surface area contributed by atoms with E-state index in [0.717, 1.165) is 5.56 Å². The van der Waals surface area contributed by atoms with Crippen molar-refractivity contribution in [1.82, 2.24) is 10.2 Å². The van der Waals surface area contributed by atoms with Gasteiger partial charge in [0.15, 0.2) is 5.76 Å². The first-order valence-corrected chi connectivity index (χ1v) is 11.8. The highest BCUT2D eigenvalue weighted by atomic mass is 16.5. The van der Waals surface area contributed by atoms with Gasteiger partial charge in [-0.25, -0.2) is 0 Å². The zero-order chi connectivity index (χ0) is 25.8. The third-order valence-corrected chi connectivity index (χ3v) is 6.45. The van der Waals surface area contributed by atoms with Gasteiger partial charge in [0, 0.05) is 18.5 Å². The van der Waals surface area contributed by atoms with Crippen molar-refractivity contribution in [3.8, 4) is 0 Å². The molecule has 1 unspecified atom stereocenters. The molecule has 0 saturated carbocycles. The number of allylic oxidation sites excluding steroid dienone is 1. The molecule has 1 aliphatic carbocycles. The number of likely N-dealkylation sites (tertiary alicyclic amines) is 1. The number of hydrogen-bond acceptors (Lipinski definition) is 6. The molecule has 1 fully saturated rings. The summed E-state index contributed by atoms with van der Waals surface area (Å²) in [6.45, 7) is 8.04. The molecule has 3 rings (SSSR count). The summed E-state index contributed by atoms with van der Waals surface area (Å²) in [6, 6.07) is 8.73. The standard InChI is InChI=1S/C27H34N2O6/c1-6-35-22(31)14-19-25(33)29(17-27(19)13-12-20(30)21(15-27)34-5)23(26(2,3)4)24(32)28-16-18-10-8-7-9-11-18/h7-13,15,19,23H,6,14,16-17H2,1-5H3,(H,28,32)/t19-,23?,27+/m1/s1. The lowest BCUT2D eigenvalue weighted by Crippen LogP contribution is -2.54. The van der Waals surface area contributed by atoms with Crippen LogP contribution in [0.3, 0.4) is 0 Å². The first kappa shape index (κ1) is 26.2. The van der Waals surface area contributed by atoms with Crippen LogP contribution in [0.5, 0.6) is 0 Å². The monoisotopic (exact) mass is 482 g/mol. The third kappa shape index (κ3) is 5.63.